The lowest BCUT2D eigenvalue weighted by Crippen LogP contribution is -2.12. The molecule has 2 fully saturated rings. The summed E-state index contributed by atoms with van der Waals surface area (Å²) in [7, 11) is -1.23. The van der Waals surface area contributed by atoms with Crippen LogP contribution in [0.25, 0.3) is 0 Å². The number of hydrogen-bond acceptors (Lipinski definition) is 4. The van der Waals surface area contributed by atoms with Crippen molar-refractivity contribution in [1.29, 1.82) is 0 Å². The van der Waals surface area contributed by atoms with E-state index >= 15 is 0 Å². The molecule has 1 heterocycles. The van der Waals surface area contributed by atoms with Crippen molar-refractivity contribution in [2.75, 3.05) is 18.6 Å². The van der Waals surface area contributed by atoms with Crippen LogP contribution in [0.15, 0.2) is 18.2 Å². The summed E-state index contributed by atoms with van der Waals surface area (Å²) in [6.45, 7) is 0. The SMILES string of the molecule is COc1ccc(C2CCS(=O)(=O)C2)cc1OC1CCCC1. The lowest BCUT2D eigenvalue weighted by Gasteiger charge is -2.18. The van der Waals surface area contributed by atoms with Gasteiger partial charge in [0.25, 0.3) is 0 Å². The van der Waals surface area contributed by atoms with Crippen molar-refractivity contribution in [3.05, 3.63) is 23.8 Å². The van der Waals surface area contributed by atoms with Gasteiger partial charge in [0.15, 0.2) is 21.3 Å². The van der Waals surface area contributed by atoms with Crippen molar-refractivity contribution in [3.63, 3.8) is 0 Å². The Morgan fingerprint density at radius 1 is 1.10 bits per heavy atom. The normalized spacial score (nSPS) is 25.1. The van der Waals surface area contributed by atoms with Gasteiger partial charge >= 0.3 is 0 Å². The monoisotopic (exact) mass is 310 g/mol. The van der Waals surface area contributed by atoms with Crippen molar-refractivity contribution >= 4 is 9.84 Å². The Balaban J connectivity index is 1.82. The molecule has 3 rings (SSSR count). The highest BCUT2D eigenvalue weighted by molar-refractivity contribution is 7.91. The maximum atomic E-state index is 11.6. The van der Waals surface area contributed by atoms with Gasteiger partial charge in [0, 0.05) is 0 Å². The molecule has 4 nitrogen and oxygen atoms in total. The van der Waals surface area contributed by atoms with E-state index in [2.05, 4.69) is 0 Å². The molecule has 1 saturated heterocycles. The molecule has 2 aliphatic rings. The van der Waals surface area contributed by atoms with E-state index in [0.29, 0.717) is 12.2 Å². The van der Waals surface area contributed by atoms with Crippen LogP contribution in [0.1, 0.15) is 43.6 Å². The van der Waals surface area contributed by atoms with Crippen molar-refractivity contribution in [1.82, 2.24) is 0 Å². The molecule has 21 heavy (non-hydrogen) atoms. The zero-order valence-corrected chi connectivity index (χ0v) is 13.2. The summed E-state index contributed by atoms with van der Waals surface area (Å²) >= 11 is 0. The Labute approximate surface area is 126 Å². The van der Waals surface area contributed by atoms with E-state index in [-0.39, 0.29) is 17.8 Å². The van der Waals surface area contributed by atoms with Crippen LogP contribution in [0, 0.1) is 0 Å². The number of benzene rings is 1. The first-order valence-corrected chi connectivity index (χ1v) is 9.44. The predicted octanol–water partition coefficient (Wildman–Crippen LogP) is 2.92. The molecule has 1 aromatic rings. The van der Waals surface area contributed by atoms with Crippen LogP contribution < -0.4 is 9.47 Å². The minimum absolute atomic E-state index is 0.0897. The molecule has 1 aliphatic carbocycles. The minimum atomic E-state index is -2.87. The lowest BCUT2D eigenvalue weighted by molar-refractivity contribution is 0.200. The lowest BCUT2D eigenvalue weighted by atomic mass is 9.98. The third-order valence-corrected chi connectivity index (χ3v) is 6.26. The molecule has 1 saturated carbocycles. The Morgan fingerprint density at radius 3 is 2.48 bits per heavy atom. The van der Waals surface area contributed by atoms with E-state index in [1.807, 2.05) is 18.2 Å². The highest BCUT2D eigenvalue weighted by Gasteiger charge is 2.29. The molecule has 0 N–H and O–H groups in total. The highest BCUT2D eigenvalue weighted by Crippen LogP contribution is 2.37. The maximum Gasteiger partial charge on any atom is 0.161 e. The molecule has 5 heteroatoms. The minimum Gasteiger partial charge on any atom is -0.493 e. The van der Waals surface area contributed by atoms with Crippen LogP contribution in [0.3, 0.4) is 0 Å². The number of sulfone groups is 1. The summed E-state index contributed by atoms with van der Waals surface area (Å²) in [6.07, 6.45) is 5.58. The summed E-state index contributed by atoms with van der Waals surface area (Å²) < 4.78 is 34.7. The second-order valence-corrected chi connectivity index (χ2v) is 8.26. The molecule has 0 radical (unpaired) electrons. The molecular formula is C16H22O4S. The predicted molar refractivity (Wildman–Crippen MR) is 81.9 cm³/mol. The van der Waals surface area contributed by atoms with E-state index in [4.69, 9.17) is 9.47 Å². The van der Waals surface area contributed by atoms with Gasteiger partial charge in [-0.1, -0.05) is 6.07 Å². The fourth-order valence-electron chi connectivity index (χ4n) is 3.28. The van der Waals surface area contributed by atoms with Gasteiger partial charge in [-0.05, 0) is 55.7 Å². The van der Waals surface area contributed by atoms with Crippen LogP contribution in [0.5, 0.6) is 11.5 Å². The molecule has 0 spiro atoms. The average molecular weight is 310 g/mol. The number of methoxy groups -OCH3 is 1. The zero-order chi connectivity index (χ0) is 14.9. The molecule has 0 bridgehead atoms. The molecule has 1 aromatic carbocycles. The van der Waals surface area contributed by atoms with Gasteiger partial charge in [0.05, 0.1) is 24.7 Å². The molecule has 1 atom stereocenters. The number of rotatable bonds is 4. The third-order valence-electron chi connectivity index (χ3n) is 4.49. The molecule has 0 aromatic heterocycles. The van der Waals surface area contributed by atoms with E-state index < -0.39 is 9.84 Å². The fraction of sp³-hybridized carbons (Fsp3) is 0.625. The number of ether oxygens (including phenoxy) is 2. The third kappa shape index (κ3) is 3.34. The Bertz CT molecular complexity index is 603. The van der Waals surface area contributed by atoms with Crippen LogP contribution in [0.4, 0.5) is 0 Å². The summed E-state index contributed by atoms with van der Waals surface area (Å²) in [4.78, 5) is 0. The first-order valence-electron chi connectivity index (χ1n) is 7.62. The Hall–Kier alpha value is -1.23. The van der Waals surface area contributed by atoms with Crippen molar-refractivity contribution in [2.45, 2.75) is 44.1 Å². The van der Waals surface area contributed by atoms with E-state index in [1.165, 1.54) is 12.8 Å². The quantitative estimate of drug-likeness (QED) is 0.858. The summed E-state index contributed by atoms with van der Waals surface area (Å²) in [6, 6.07) is 5.83. The first-order chi connectivity index (χ1) is 10.1. The van der Waals surface area contributed by atoms with Gasteiger partial charge in [-0.25, -0.2) is 8.42 Å². The van der Waals surface area contributed by atoms with Gasteiger partial charge in [-0.2, -0.15) is 0 Å². The Morgan fingerprint density at radius 2 is 1.86 bits per heavy atom. The second kappa shape index (κ2) is 5.87. The second-order valence-electron chi connectivity index (χ2n) is 6.03. The van der Waals surface area contributed by atoms with E-state index in [9.17, 15) is 8.42 Å². The summed E-state index contributed by atoms with van der Waals surface area (Å²) in [5.74, 6) is 2.12. The topological polar surface area (TPSA) is 52.6 Å². The van der Waals surface area contributed by atoms with Crippen LogP contribution in [-0.2, 0) is 9.84 Å². The van der Waals surface area contributed by atoms with Gasteiger partial charge in [0.2, 0.25) is 0 Å². The van der Waals surface area contributed by atoms with Gasteiger partial charge in [-0.3, -0.25) is 0 Å². The van der Waals surface area contributed by atoms with E-state index in [0.717, 1.165) is 29.9 Å². The number of hydrogen-bond donors (Lipinski definition) is 0. The van der Waals surface area contributed by atoms with Gasteiger partial charge < -0.3 is 9.47 Å². The van der Waals surface area contributed by atoms with Crippen LogP contribution in [-0.4, -0.2) is 33.1 Å². The average Bonchev–Trinajstić information content (AvgIpc) is 3.08. The van der Waals surface area contributed by atoms with Crippen LogP contribution >= 0.6 is 0 Å². The largest absolute Gasteiger partial charge is 0.493 e. The maximum absolute atomic E-state index is 11.6. The molecule has 1 unspecified atom stereocenters. The molecule has 1 aliphatic heterocycles. The van der Waals surface area contributed by atoms with Gasteiger partial charge in [-0.15, -0.1) is 0 Å². The smallest absolute Gasteiger partial charge is 0.161 e. The van der Waals surface area contributed by atoms with Crippen molar-refractivity contribution in [3.8, 4) is 11.5 Å². The zero-order valence-electron chi connectivity index (χ0n) is 12.4. The molecular weight excluding hydrogens is 288 g/mol. The molecule has 0 amide bonds. The highest BCUT2D eigenvalue weighted by atomic mass is 32.2. The van der Waals surface area contributed by atoms with E-state index in [1.54, 1.807) is 7.11 Å². The fourth-order valence-corrected chi connectivity index (χ4v) is 5.07. The van der Waals surface area contributed by atoms with Crippen LogP contribution in [0.2, 0.25) is 0 Å². The first kappa shape index (κ1) is 14.7. The Kier molecular flexibility index (Phi) is 4.11. The standard InChI is InChI=1S/C16H22O4S/c1-19-15-7-6-12(13-8-9-21(17,18)11-13)10-16(15)20-14-4-2-3-5-14/h6-7,10,13-14H,2-5,8-9,11H2,1H3. The van der Waals surface area contributed by atoms with Crippen molar-refractivity contribution < 1.29 is 17.9 Å². The van der Waals surface area contributed by atoms with Crippen molar-refractivity contribution in [2.24, 2.45) is 0 Å². The summed E-state index contributed by atoms with van der Waals surface area (Å²) in [5.41, 5.74) is 1.05. The molecule has 116 valence electrons. The van der Waals surface area contributed by atoms with Gasteiger partial charge in [0.1, 0.15) is 0 Å². The summed E-state index contributed by atoms with van der Waals surface area (Å²) in [5, 5.41) is 0.